The van der Waals surface area contributed by atoms with E-state index in [1.165, 1.54) is 5.56 Å². The van der Waals surface area contributed by atoms with E-state index in [0.29, 0.717) is 11.5 Å². The summed E-state index contributed by atoms with van der Waals surface area (Å²) in [6, 6.07) is 7.97. The number of carbonyl (C=O) groups is 1. The zero-order valence-corrected chi connectivity index (χ0v) is 10.0. The average molecular weight is 242 g/mol. The zero-order valence-electron chi connectivity index (χ0n) is 10.0. The van der Waals surface area contributed by atoms with Crippen molar-refractivity contribution in [3.05, 3.63) is 41.1 Å². The van der Waals surface area contributed by atoms with E-state index < -0.39 is 0 Å². The Morgan fingerprint density at radius 2 is 2.28 bits per heavy atom. The van der Waals surface area contributed by atoms with Crippen molar-refractivity contribution < 1.29 is 4.79 Å². The summed E-state index contributed by atoms with van der Waals surface area (Å²) in [4.78, 5) is 12.1. The van der Waals surface area contributed by atoms with Gasteiger partial charge in [-0.25, -0.2) is 0 Å². The van der Waals surface area contributed by atoms with Crippen molar-refractivity contribution in [2.75, 3.05) is 11.1 Å². The van der Waals surface area contributed by atoms with E-state index in [1.807, 2.05) is 31.2 Å². The summed E-state index contributed by atoms with van der Waals surface area (Å²) in [6.07, 6.45) is 0.783. The number of hydrogen-bond acceptors (Lipinski definition) is 3. The van der Waals surface area contributed by atoms with Crippen molar-refractivity contribution >= 4 is 17.4 Å². The van der Waals surface area contributed by atoms with Crippen molar-refractivity contribution in [2.45, 2.75) is 19.3 Å². The first-order valence-corrected chi connectivity index (χ1v) is 5.86. The van der Waals surface area contributed by atoms with Crippen molar-refractivity contribution in [3.63, 3.8) is 0 Å². The maximum absolute atomic E-state index is 12.1. The minimum absolute atomic E-state index is 0.0492. The minimum atomic E-state index is -0.0855. The number of nitrogen functional groups attached to an aromatic ring is 1. The van der Waals surface area contributed by atoms with Gasteiger partial charge in [0, 0.05) is 0 Å². The number of nitrogens with one attached hydrogen (secondary N) is 2. The van der Waals surface area contributed by atoms with Crippen LogP contribution in [-0.2, 0) is 11.2 Å². The van der Waals surface area contributed by atoms with E-state index in [1.54, 1.807) is 0 Å². The molecule has 1 unspecified atom stereocenters. The van der Waals surface area contributed by atoms with Crippen molar-refractivity contribution in [3.8, 4) is 0 Å². The Balaban J connectivity index is 1.77. The molecule has 0 bridgehead atoms. The number of nitrogens with two attached hydrogens (primary N) is 1. The third kappa shape index (κ3) is 1.55. The van der Waals surface area contributed by atoms with Crippen LogP contribution in [0.3, 0.4) is 0 Å². The van der Waals surface area contributed by atoms with E-state index >= 15 is 0 Å². The molecule has 1 atom stereocenters. The molecule has 4 N–H and O–H groups in total. The quantitative estimate of drug-likeness (QED) is 0.747. The molecule has 0 saturated carbocycles. The molecule has 0 saturated heterocycles. The van der Waals surface area contributed by atoms with Gasteiger partial charge in [0.25, 0.3) is 0 Å². The predicted octanol–water partition coefficient (Wildman–Crippen LogP) is 1.58. The Labute approximate surface area is 104 Å². The summed E-state index contributed by atoms with van der Waals surface area (Å²) >= 11 is 0. The summed E-state index contributed by atoms with van der Waals surface area (Å²) in [5.41, 5.74) is 9.39. The molecule has 92 valence electrons. The number of benzene rings is 1. The lowest BCUT2D eigenvalue weighted by Gasteiger charge is -2.28. The molecular weight excluding hydrogens is 228 g/mol. The fraction of sp³-hybridized carbons (Fsp3) is 0.231. The van der Waals surface area contributed by atoms with Gasteiger partial charge in [0.15, 0.2) is 5.82 Å². The number of aryl methyl sites for hydroxylation is 1. The van der Waals surface area contributed by atoms with Gasteiger partial charge in [-0.1, -0.05) is 24.3 Å². The number of anilines is 2. The average Bonchev–Trinajstić information content (AvgIpc) is 2.63. The second-order valence-corrected chi connectivity index (χ2v) is 4.56. The molecule has 1 aromatic heterocycles. The highest BCUT2D eigenvalue weighted by atomic mass is 16.2. The molecule has 5 nitrogen and oxygen atoms in total. The highest BCUT2D eigenvalue weighted by Crippen LogP contribution is 2.35. The Morgan fingerprint density at radius 3 is 2.94 bits per heavy atom. The van der Waals surface area contributed by atoms with Gasteiger partial charge >= 0.3 is 0 Å². The lowest BCUT2D eigenvalue weighted by Crippen LogP contribution is -2.30. The maximum Gasteiger partial charge on any atom is 0.233 e. The molecule has 1 amide bonds. The normalized spacial score (nSPS) is 16.8. The molecule has 1 aromatic carbocycles. The van der Waals surface area contributed by atoms with Gasteiger partial charge in [-0.3, -0.25) is 9.89 Å². The van der Waals surface area contributed by atoms with Crippen LogP contribution < -0.4 is 11.1 Å². The van der Waals surface area contributed by atoms with Gasteiger partial charge in [-0.2, -0.15) is 5.10 Å². The molecular formula is C13H14N4O. The Bertz CT molecular complexity index is 617. The topological polar surface area (TPSA) is 83.8 Å². The van der Waals surface area contributed by atoms with Crippen molar-refractivity contribution in [1.29, 1.82) is 0 Å². The molecule has 0 radical (unpaired) electrons. The van der Waals surface area contributed by atoms with Crippen LogP contribution in [0.5, 0.6) is 0 Å². The van der Waals surface area contributed by atoms with Crippen LogP contribution in [0.1, 0.15) is 22.7 Å². The number of carbonyl (C=O) groups excluding carboxylic acids is 1. The highest BCUT2D eigenvalue weighted by Gasteiger charge is 2.32. The second kappa shape index (κ2) is 3.87. The number of H-pyrrole nitrogens is 1. The lowest BCUT2D eigenvalue weighted by molar-refractivity contribution is -0.118. The largest absolute Gasteiger partial charge is 0.394 e. The van der Waals surface area contributed by atoms with Gasteiger partial charge in [0.2, 0.25) is 5.91 Å². The summed E-state index contributed by atoms with van der Waals surface area (Å²) in [5.74, 6) is 0.284. The molecule has 18 heavy (non-hydrogen) atoms. The number of rotatable bonds is 2. The fourth-order valence-corrected chi connectivity index (χ4v) is 2.23. The number of nitrogens with zero attached hydrogens (tertiary/aromatic N) is 1. The monoisotopic (exact) mass is 242 g/mol. The summed E-state index contributed by atoms with van der Waals surface area (Å²) in [6.45, 7) is 1.82. The number of hydrogen-bond donors (Lipinski definition) is 3. The maximum atomic E-state index is 12.1. The van der Waals surface area contributed by atoms with Crippen LogP contribution in [0.25, 0.3) is 0 Å². The smallest absolute Gasteiger partial charge is 0.233 e. The molecule has 2 aromatic rings. The molecule has 0 spiro atoms. The summed E-state index contributed by atoms with van der Waals surface area (Å²) in [7, 11) is 0. The van der Waals surface area contributed by atoms with Gasteiger partial charge in [-0.15, -0.1) is 0 Å². The second-order valence-electron chi connectivity index (χ2n) is 4.56. The Morgan fingerprint density at radius 1 is 1.50 bits per heavy atom. The highest BCUT2D eigenvalue weighted by molar-refractivity contribution is 5.99. The minimum Gasteiger partial charge on any atom is -0.394 e. The standard InChI is InChI=1S/C13H14N4O/c1-7-11(14)12(17-16-7)15-13(18)10-6-8-4-2-3-5-9(8)10/h2-5,10H,6,14H2,1H3,(H2,15,16,17,18). The molecule has 3 rings (SSSR count). The Kier molecular flexibility index (Phi) is 2.33. The van der Waals surface area contributed by atoms with E-state index in [9.17, 15) is 4.79 Å². The van der Waals surface area contributed by atoms with Gasteiger partial charge < -0.3 is 11.1 Å². The lowest BCUT2D eigenvalue weighted by atomic mass is 9.77. The number of aromatic amines is 1. The van der Waals surface area contributed by atoms with Gasteiger partial charge in [-0.05, 0) is 24.5 Å². The van der Waals surface area contributed by atoms with Crippen molar-refractivity contribution in [1.82, 2.24) is 10.2 Å². The van der Waals surface area contributed by atoms with Crippen LogP contribution in [-0.4, -0.2) is 16.1 Å². The van der Waals surface area contributed by atoms with Crippen molar-refractivity contribution in [2.24, 2.45) is 0 Å². The van der Waals surface area contributed by atoms with Crippen LogP contribution >= 0.6 is 0 Å². The molecule has 1 aliphatic rings. The summed E-state index contributed by atoms with van der Waals surface area (Å²) < 4.78 is 0. The first-order chi connectivity index (χ1) is 8.66. The van der Waals surface area contributed by atoms with Crippen LogP contribution in [0.15, 0.2) is 24.3 Å². The molecule has 0 aliphatic heterocycles. The molecule has 5 heteroatoms. The first kappa shape index (κ1) is 10.8. The van der Waals surface area contributed by atoms with Crippen LogP contribution in [0.2, 0.25) is 0 Å². The van der Waals surface area contributed by atoms with Gasteiger partial charge in [0.1, 0.15) is 0 Å². The van der Waals surface area contributed by atoms with E-state index in [-0.39, 0.29) is 11.8 Å². The third-order valence-electron chi connectivity index (χ3n) is 3.41. The Hall–Kier alpha value is -2.30. The molecule has 1 heterocycles. The zero-order chi connectivity index (χ0) is 12.7. The molecule has 1 aliphatic carbocycles. The van der Waals surface area contributed by atoms with E-state index in [2.05, 4.69) is 15.5 Å². The third-order valence-corrected chi connectivity index (χ3v) is 3.41. The first-order valence-electron chi connectivity index (χ1n) is 5.86. The predicted molar refractivity (Wildman–Crippen MR) is 69.3 cm³/mol. The van der Waals surface area contributed by atoms with Crippen LogP contribution in [0, 0.1) is 6.92 Å². The van der Waals surface area contributed by atoms with E-state index in [0.717, 1.165) is 17.7 Å². The summed E-state index contributed by atoms with van der Waals surface area (Å²) in [5, 5.41) is 9.48. The number of aromatic nitrogens is 2. The van der Waals surface area contributed by atoms with Gasteiger partial charge in [0.05, 0.1) is 17.3 Å². The number of fused-ring (bicyclic) bond motifs is 1. The molecule has 0 fully saturated rings. The van der Waals surface area contributed by atoms with Crippen LogP contribution in [0.4, 0.5) is 11.5 Å². The fourth-order valence-electron chi connectivity index (χ4n) is 2.23. The SMILES string of the molecule is Cc1[nH]nc(NC(=O)C2Cc3ccccc32)c1N. The number of amides is 1. The van der Waals surface area contributed by atoms with E-state index in [4.69, 9.17) is 5.73 Å².